The summed E-state index contributed by atoms with van der Waals surface area (Å²) in [4.78, 5) is 57.8. The molecule has 0 spiro atoms. The van der Waals surface area contributed by atoms with Crippen LogP contribution in [-0.2, 0) is 24.0 Å². The summed E-state index contributed by atoms with van der Waals surface area (Å²) in [6.45, 7) is 4.10. The van der Waals surface area contributed by atoms with E-state index in [1.807, 2.05) is 6.92 Å². The van der Waals surface area contributed by atoms with E-state index < -0.39 is 18.0 Å². The molecule has 238 valence electrons. The number of nitrogens with one attached hydrogen (secondary N) is 2. The first-order chi connectivity index (χ1) is 19.7. The molecule has 0 radical (unpaired) electrons. The molecule has 0 aliphatic heterocycles. The van der Waals surface area contributed by atoms with Crippen molar-refractivity contribution >= 4 is 29.5 Å². The van der Waals surface area contributed by atoms with Crippen molar-refractivity contribution in [2.75, 3.05) is 6.54 Å². The first kappa shape index (κ1) is 38.5. The fourth-order valence-electron chi connectivity index (χ4n) is 5.01. The summed E-state index contributed by atoms with van der Waals surface area (Å²) in [6.07, 6.45) is 19.4. The van der Waals surface area contributed by atoms with E-state index >= 15 is 0 Å². The molecule has 2 unspecified atom stereocenters. The van der Waals surface area contributed by atoms with Crippen molar-refractivity contribution in [1.82, 2.24) is 10.6 Å². The molecule has 0 aromatic carbocycles. The smallest absolute Gasteiger partial charge is 0.326 e. The largest absolute Gasteiger partial charge is 0.481 e. The lowest BCUT2D eigenvalue weighted by Gasteiger charge is -2.15. The van der Waals surface area contributed by atoms with Crippen molar-refractivity contribution in [1.29, 1.82) is 0 Å². The third kappa shape index (κ3) is 25.0. The number of carbonyl (C=O) groups is 5. The predicted octanol–water partition coefficient (Wildman–Crippen LogP) is 6.56. The molecular weight excluding hydrogens is 524 g/mol. The minimum Gasteiger partial charge on any atom is -0.481 e. The van der Waals surface area contributed by atoms with Crippen LogP contribution < -0.4 is 10.6 Å². The van der Waals surface area contributed by atoms with Gasteiger partial charge in [0.25, 0.3) is 0 Å². The highest BCUT2D eigenvalue weighted by Gasteiger charge is 2.20. The van der Waals surface area contributed by atoms with Gasteiger partial charge in [-0.1, -0.05) is 90.4 Å². The number of aliphatic carboxylic acids is 2. The second kappa shape index (κ2) is 26.4. The fraction of sp³-hybridized carbons (Fsp3) is 0.844. The molecule has 0 fully saturated rings. The van der Waals surface area contributed by atoms with Crippen molar-refractivity contribution in [3.63, 3.8) is 0 Å². The van der Waals surface area contributed by atoms with Crippen LogP contribution in [0.5, 0.6) is 0 Å². The van der Waals surface area contributed by atoms with E-state index in [-0.39, 0.29) is 42.8 Å². The quantitative estimate of drug-likeness (QED) is 0.0729. The van der Waals surface area contributed by atoms with Gasteiger partial charge in [-0.15, -0.1) is 0 Å². The molecule has 4 N–H and O–H groups in total. The predicted molar refractivity (Wildman–Crippen MR) is 162 cm³/mol. The van der Waals surface area contributed by atoms with E-state index in [2.05, 4.69) is 10.6 Å². The van der Waals surface area contributed by atoms with Gasteiger partial charge in [0.15, 0.2) is 0 Å². The maximum absolute atomic E-state index is 12.2. The second-order valence-corrected chi connectivity index (χ2v) is 11.4. The lowest BCUT2D eigenvalue weighted by Crippen LogP contribution is -2.41. The summed E-state index contributed by atoms with van der Waals surface area (Å²) in [6, 6.07) is -1.06. The molecule has 0 saturated carbocycles. The Labute approximate surface area is 248 Å². The van der Waals surface area contributed by atoms with Crippen LogP contribution in [-0.4, -0.2) is 52.3 Å². The maximum atomic E-state index is 12.2. The number of unbranched alkanes of at least 4 members (excludes halogenated alkanes) is 14. The topological polar surface area (TPSA) is 150 Å². The molecule has 2 atom stereocenters. The van der Waals surface area contributed by atoms with Gasteiger partial charge in [-0.25, -0.2) is 4.79 Å². The van der Waals surface area contributed by atoms with Crippen LogP contribution in [0.3, 0.4) is 0 Å². The lowest BCUT2D eigenvalue weighted by molar-refractivity contribution is -0.142. The lowest BCUT2D eigenvalue weighted by atomic mass is 9.95. The number of Topliss-reactive ketones (excluding diaryl/α,β-unsaturated/α-hetero) is 1. The molecule has 0 aliphatic rings. The average molecular weight is 583 g/mol. The molecule has 2 amide bonds. The van der Waals surface area contributed by atoms with E-state index in [9.17, 15) is 29.1 Å². The highest BCUT2D eigenvalue weighted by molar-refractivity contribution is 5.84. The Balaban J connectivity index is 3.73. The van der Waals surface area contributed by atoms with Crippen molar-refractivity contribution in [3.8, 4) is 0 Å². The van der Waals surface area contributed by atoms with E-state index in [0.29, 0.717) is 13.0 Å². The number of ketones is 1. The molecule has 9 heteroatoms. The Morgan fingerprint density at radius 1 is 0.585 bits per heavy atom. The molecule has 41 heavy (non-hydrogen) atoms. The average Bonchev–Trinajstić information content (AvgIpc) is 2.92. The van der Waals surface area contributed by atoms with Gasteiger partial charge in [0.05, 0.1) is 0 Å². The number of amides is 2. The number of carboxylic acid groups (broad SMARTS) is 2. The summed E-state index contributed by atoms with van der Waals surface area (Å²) < 4.78 is 0. The van der Waals surface area contributed by atoms with Gasteiger partial charge in [0, 0.05) is 31.7 Å². The summed E-state index contributed by atoms with van der Waals surface area (Å²) in [5.41, 5.74) is 0. The van der Waals surface area contributed by atoms with Gasteiger partial charge in [-0.2, -0.15) is 0 Å². The van der Waals surface area contributed by atoms with Crippen LogP contribution in [0.4, 0.5) is 0 Å². The van der Waals surface area contributed by atoms with Crippen LogP contribution >= 0.6 is 0 Å². The van der Waals surface area contributed by atoms with Gasteiger partial charge >= 0.3 is 11.9 Å². The fourth-order valence-corrected chi connectivity index (χ4v) is 5.01. The van der Waals surface area contributed by atoms with Gasteiger partial charge in [-0.3, -0.25) is 19.2 Å². The molecule has 0 aromatic heterocycles. The van der Waals surface area contributed by atoms with Crippen molar-refractivity contribution in [2.24, 2.45) is 5.92 Å². The van der Waals surface area contributed by atoms with Crippen LogP contribution in [0, 0.1) is 5.92 Å². The monoisotopic (exact) mass is 582 g/mol. The van der Waals surface area contributed by atoms with Gasteiger partial charge in [0.1, 0.15) is 11.8 Å². The second-order valence-electron chi connectivity index (χ2n) is 11.4. The zero-order valence-corrected chi connectivity index (χ0v) is 25.9. The van der Waals surface area contributed by atoms with Crippen LogP contribution in [0.15, 0.2) is 0 Å². The molecule has 0 aromatic rings. The Morgan fingerprint density at radius 2 is 1.07 bits per heavy atom. The molecule has 0 aliphatic carbocycles. The Bertz CT molecular complexity index is 742. The zero-order chi connectivity index (χ0) is 30.7. The zero-order valence-electron chi connectivity index (χ0n) is 25.9. The normalized spacial score (nSPS) is 12.4. The van der Waals surface area contributed by atoms with Crippen molar-refractivity contribution in [3.05, 3.63) is 0 Å². The molecular formula is C32H58N2O7. The van der Waals surface area contributed by atoms with Crippen molar-refractivity contribution in [2.45, 2.75) is 161 Å². The minimum atomic E-state index is -1.13. The van der Waals surface area contributed by atoms with Gasteiger partial charge in [-0.05, 0) is 45.4 Å². The van der Waals surface area contributed by atoms with E-state index in [0.717, 1.165) is 70.6 Å². The number of carboxylic acids is 2. The number of hydrogen-bond acceptors (Lipinski definition) is 5. The molecule has 0 rings (SSSR count). The van der Waals surface area contributed by atoms with Gasteiger partial charge < -0.3 is 20.8 Å². The number of rotatable bonds is 29. The molecule has 9 nitrogen and oxygen atoms in total. The minimum absolute atomic E-state index is 0.0386. The third-order valence-corrected chi connectivity index (χ3v) is 7.71. The summed E-state index contributed by atoms with van der Waals surface area (Å²) in [5, 5.41) is 23.4. The van der Waals surface area contributed by atoms with E-state index in [4.69, 9.17) is 5.11 Å². The first-order valence-corrected chi connectivity index (χ1v) is 16.2. The highest BCUT2D eigenvalue weighted by Crippen LogP contribution is 2.15. The van der Waals surface area contributed by atoms with Crippen LogP contribution in [0.2, 0.25) is 0 Å². The standard InChI is InChI=1S/C32H58N2O7/c1-3-27(26(2)35)20-18-19-25-33-29(36)24-23-28(32(40)41)34-30(37)21-16-14-12-10-8-6-4-5-7-9-11-13-15-17-22-31(38)39/h27-28H,3-25H2,1-2H3,(H,33,36)(H,34,37)(H,38,39)(H,40,41). The Hall–Kier alpha value is -2.45. The Morgan fingerprint density at radius 3 is 1.51 bits per heavy atom. The third-order valence-electron chi connectivity index (χ3n) is 7.71. The van der Waals surface area contributed by atoms with Gasteiger partial charge in [0.2, 0.25) is 11.8 Å². The SMILES string of the molecule is CCC(CCCCNC(=O)CCC(NC(=O)CCCCCCCCCCCCCCCCC(=O)O)C(=O)O)C(C)=O. The molecule has 0 heterocycles. The van der Waals surface area contributed by atoms with Crippen LogP contribution in [0.1, 0.15) is 155 Å². The first-order valence-electron chi connectivity index (χ1n) is 16.2. The molecule has 0 saturated heterocycles. The van der Waals surface area contributed by atoms with E-state index in [1.54, 1.807) is 6.92 Å². The maximum Gasteiger partial charge on any atom is 0.326 e. The van der Waals surface area contributed by atoms with Crippen molar-refractivity contribution < 1.29 is 34.2 Å². The number of carbonyl (C=O) groups excluding carboxylic acids is 3. The highest BCUT2D eigenvalue weighted by atomic mass is 16.4. The summed E-state index contributed by atoms with van der Waals surface area (Å²) in [7, 11) is 0. The molecule has 0 bridgehead atoms. The van der Waals surface area contributed by atoms with Crippen LogP contribution in [0.25, 0.3) is 0 Å². The number of hydrogen-bond donors (Lipinski definition) is 4. The summed E-state index contributed by atoms with van der Waals surface area (Å²) in [5.74, 6) is -2.06. The Kier molecular flexibility index (Phi) is 24.9. The summed E-state index contributed by atoms with van der Waals surface area (Å²) >= 11 is 0. The van der Waals surface area contributed by atoms with E-state index in [1.165, 1.54) is 44.9 Å².